The third-order valence-corrected chi connectivity index (χ3v) is 2.33. The Morgan fingerprint density at radius 2 is 2.55 bits per heavy atom. The Balaban J connectivity index is 2.56. The molecule has 1 aromatic rings. The minimum Gasteiger partial charge on any atom is -0.383 e. The third-order valence-electron chi connectivity index (χ3n) is 1.63. The monoisotopic (exact) mass is 171 g/mol. The molecule has 1 heterocycles. The fourth-order valence-electron chi connectivity index (χ4n) is 0.986. The lowest BCUT2D eigenvalue weighted by molar-refractivity contribution is 0.170. The van der Waals surface area contributed by atoms with Gasteiger partial charge in [0.1, 0.15) is 0 Å². The Kier molecular flexibility index (Phi) is 3.56. The first-order chi connectivity index (χ1) is 5.38. The highest BCUT2D eigenvalue weighted by atomic mass is 32.1. The van der Waals surface area contributed by atoms with Crippen molar-refractivity contribution in [1.29, 1.82) is 0 Å². The number of thiophene rings is 1. The van der Waals surface area contributed by atoms with E-state index in [2.05, 4.69) is 22.1 Å². The summed E-state index contributed by atoms with van der Waals surface area (Å²) in [5.74, 6) is 0. The van der Waals surface area contributed by atoms with E-state index in [-0.39, 0.29) is 0 Å². The van der Waals surface area contributed by atoms with Crippen LogP contribution in [-0.2, 0) is 4.74 Å². The van der Waals surface area contributed by atoms with Crippen LogP contribution in [0.1, 0.15) is 11.6 Å². The van der Waals surface area contributed by atoms with Crippen LogP contribution in [0, 0.1) is 0 Å². The zero-order valence-electron chi connectivity index (χ0n) is 6.83. The summed E-state index contributed by atoms with van der Waals surface area (Å²) >= 11 is 1.71. The van der Waals surface area contributed by atoms with Crippen molar-refractivity contribution in [3.8, 4) is 0 Å². The molecule has 0 bridgehead atoms. The molecule has 0 aliphatic heterocycles. The molecule has 0 aliphatic carbocycles. The molecule has 1 N–H and O–H groups in total. The van der Waals surface area contributed by atoms with Crippen LogP contribution in [0.25, 0.3) is 0 Å². The Morgan fingerprint density at radius 1 is 1.73 bits per heavy atom. The number of nitrogens with one attached hydrogen (secondary N) is 1. The highest BCUT2D eigenvalue weighted by Gasteiger charge is 2.07. The van der Waals surface area contributed by atoms with Crippen molar-refractivity contribution in [2.45, 2.75) is 6.04 Å². The van der Waals surface area contributed by atoms with Crippen molar-refractivity contribution in [2.24, 2.45) is 0 Å². The van der Waals surface area contributed by atoms with Gasteiger partial charge in [-0.05, 0) is 29.4 Å². The molecular weight excluding hydrogens is 158 g/mol. The SMILES string of the molecule is CNC(COC)c1ccsc1. The quantitative estimate of drug-likeness (QED) is 0.744. The van der Waals surface area contributed by atoms with Gasteiger partial charge in [-0.25, -0.2) is 0 Å². The molecule has 3 heteroatoms. The first kappa shape index (κ1) is 8.71. The van der Waals surface area contributed by atoms with Gasteiger partial charge in [0.05, 0.1) is 12.6 Å². The molecule has 0 fully saturated rings. The van der Waals surface area contributed by atoms with Crippen molar-refractivity contribution in [3.63, 3.8) is 0 Å². The molecule has 0 saturated carbocycles. The molecule has 2 nitrogen and oxygen atoms in total. The summed E-state index contributed by atoms with van der Waals surface area (Å²) in [5.41, 5.74) is 1.30. The largest absolute Gasteiger partial charge is 0.383 e. The van der Waals surface area contributed by atoms with Crippen LogP contribution in [-0.4, -0.2) is 20.8 Å². The lowest BCUT2D eigenvalue weighted by atomic mass is 10.2. The summed E-state index contributed by atoms with van der Waals surface area (Å²) in [4.78, 5) is 0. The Morgan fingerprint density at radius 3 is 3.00 bits per heavy atom. The predicted octanol–water partition coefficient (Wildman–Crippen LogP) is 1.66. The van der Waals surface area contributed by atoms with E-state index < -0.39 is 0 Å². The second-order valence-corrected chi connectivity index (χ2v) is 3.13. The van der Waals surface area contributed by atoms with Gasteiger partial charge < -0.3 is 10.1 Å². The van der Waals surface area contributed by atoms with E-state index in [4.69, 9.17) is 4.74 Å². The molecule has 1 unspecified atom stereocenters. The molecule has 0 aliphatic rings. The Bertz CT molecular complexity index is 186. The van der Waals surface area contributed by atoms with Crippen molar-refractivity contribution in [2.75, 3.05) is 20.8 Å². The molecule has 0 saturated heterocycles. The van der Waals surface area contributed by atoms with Crippen LogP contribution in [0.3, 0.4) is 0 Å². The highest BCUT2D eigenvalue weighted by Crippen LogP contribution is 2.15. The van der Waals surface area contributed by atoms with Gasteiger partial charge >= 0.3 is 0 Å². The van der Waals surface area contributed by atoms with E-state index >= 15 is 0 Å². The van der Waals surface area contributed by atoms with Crippen molar-refractivity contribution >= 4 is 11.3 Å². The molecule has 1 atom stereocenters. The number of hydrogen-bond acceptors (Lipinski definition) is 3. The summed E-state index contributed by atoms with van der Waals surface area (Å²) in [6, 6.07) is 2.46. The molecule has 0 aromatic carbocycles. The maximum Gasteiger partial charge on any atom is 0.0657 e. The second kappa shape index (κ2) is 4.49. The van der Waals surface area contributed by atoms with Gasteiger partial charge in [0.25, 0.3) is 0 Å². The number of rotatable bonds is 4. The fourth-order valence-corrected chi connectivity index (χ4v) is 1.70. The lowest BCUT2D eigenvalue weighted by Gasteiger charge is -2.12. The van der Waals surface area contributed by atoms with Crippen molar-refractivity contribution in [1.82, 2.24) is 5.32 Å². The van der Waals surface area contributed by atoms with E-state index in [0.29, 0.717) is 6.04 Å². The Labute approximate surface area is 71.2 Å². The van der Waals surface area contributed by atoms with Crippen LogP contribution in [0.15, 0.2) is 16.8 Å². The van der Waals surface area contributed by atoms with Gasteiger partial charge in [-0.15, -0.1) is 0 Å². The average molecular weight is 171 g/mol. The fraction of sp³-hybridized carbons (Fsp3) is 0.500. The minimum atomic E-state index is 0.339. The molecule has 0 radical (unpaired) electrons. The molecule has 11 heavy (non-hydrogen) atoms. The first-order valence-electron chi connectivity index (χ1n) is 3.56. The van der Waals surface area contributed by atoms with E-state index in [0.717, 1.165) is 6.61 Å². The minimum absolute atomic E-state index is 0.339. The smallest absolute Gasteiger partial charge is 0.0657 e. The van der Waals surface area contributed by atoms with Gasteiger partial charge in [-0.2, -0.15) is 11.3 Å². The molecule has 0 spiro atoms. The molecule has 62 valence electrons. The molecular formula is C8H13NOS. The number of hydrogen-bond donors (Lipinski definition) is 1. The topological polar surface area (TPSA) is 21.3 Å². The van der Waals surface area contributed by atoms with E-state index in [9.17, 15) is 0 Å². The molecule has 0 amide bonds. The zero-order valence-corrected chi connectivity index (χ0v) is 7.65. The summed E-state index contributed by atoms with van der Waals surface area (Å²) in [7, 11) is 3.66. The second-order valence-electron chi connectivity index (χ2n) is 2.35. The van der Waals surface area contributed by atoms with E-state index in [1.54, 1.807) is 18.4 Å². The lowest BCUT2D eigenvalue weighted by Crippen LogP contribution is -2.20. The van der Waals surface area contributed by atoms with Gasteiger partial charge in [0.15, 0.2) is 0 Å². The maximum atomic E-state index is 5.06. The van der Waals surface area contributed by atoms with E-state index in [1.807, 2.05) is 7.05 Å². The van der Waals surface area contributed by atoms with Gasteiger partial charge in [-0.3, -0.25) is 0 Å². The Hall–Kier alpha value is -0.380. The first-order valence-corrected chi connectivity index (χ1v) is 4.51. The van der Waals surface area contributed by atoms with Crippen molar-refractivity contribution < 1.29 is 4.74 Å². The van der Waals surface area contributed by atoms with Crippen molar-refractivity contribution in [3.05, 3.63) is 22.4 Å². The predicted molar refractivity (Wildman–Crippen MR) is 48.0 cm³/mol. The summed E-state index contributed by atoms with van der Waals surface area (Å²) in [5, 5.41) is 7.40. The third kappa shape index (κ3) is 2.29. The van der Waals surface area contributed by atoms with Crippen LogP contribution in [0.4, 0.5) is 0 Å². The molecule has 1 aromatic heterocycles. The van der Waals surface area contributed by atoms with Crippen LogP contribution >= 0.6 is 11.3 Å². The zero-order chi connectivity index (χ0) is 8.10. The maximum absolute atomic E-state index is 5.06. The van der Waals surface area contributed by atoms with Gasteiger partial charge in [0.2, 0.25) is 0 Å². The number of ether oxygens (including phenoxy) is 1. The van der Waals surface area contributed by atoms with E-state index in [1.165, 1.54) is 5.56 Å². The van der Waals surface area contributed by atoms with Crippen LogP contribution < -0.4 is 5.32 Å². The summed E-state index contributed by atoms with van der Waals surface area (Å²) in [6.45, 7) is 0.729. The summed E-state index contributed by atoms with van der Waals surface area (Å²) in [6.07, 6.45) is 0. The van der Waals surface area contributed by atoms with Crippen LogP contribution in [0.2, 0.25) is 0 Å². The van der Waals surface area contributed by atoms with Crippen LogP contribution in [0.5, 0.6) is 0 Å². The average Bonchev–Trinajstić information content (AvgIpc) is 2.52. The number of likely N-dealkylation sites (N-methyl/N-ethyl adjacent to an activating group) is 1. The number of methoxy groups -OCH3 is 1. The summed E-state index contributed by atoms with van der Waals surface area (Å²) < 4.78 is 5.06. The highest BCUT2D eigenvalue weighted by molar-refractivity contribution is 7.07. The van der Waals surface area contributed by atoms with Gasteiger partial charge in [0, 0.05) is 7.11 Å². The standard InChI is InChI=1S/C8H13NOS/c1-9-8(5-10-2)7-3-4-11-6-7/h3-4,6,8-9H,5H2,1-2H3. The molecule has 1 rings (SSSR count). The van der Waals surface area contributed by atoms with Gasteiger partial charge in [-0.1, -0.05) is 0 Å². The normalized spacial score (nSPS) is 13.3.